The van der Waals surface area contributed by atoms with E-state index in [1.807, 2.05) is 55.5 Å². The van der Waals surface area contributed by atoms with Crippen molar-refractivity contribution in [2.24, 2.45) is 0 Å². The Hall–Kier alpha value is -4.53. The number of benzene rings is 2. The predicted molar refractivity (Wildman–Crippen MR) is 143 cm³/mol. The van der Waals surface area contributed by atoms with Gasteiger partial charge in [-0.25, -0.2) is 4.79 Å². The van der Waals surface area contributed by atoms with Gasteiger partial charge in [-0.1, -0.05) is 36.4 Å². The van der Waals surface area contributed by atoms with Gasteiger partial charge in [0.25, 0.3) is 0 Å². The molecule has 2 aromatic rings. The quantitative estimate of drug-likeness (QED) is 0.309. The lowest BCUT2D eigenvalue weighted by molar-refractivity contribution is -0.137. The zero-order valence-corrected chi connectivity index (χ0v) is 21.1. The normalized spacial score (nSPS) is 13.3. The van der Waals surface area contributed by atoms with Crippen molar-refractivity contribution in [3.8, 4) is 5.75 Å². The molecule has 37 heavy (non-hydrogen) atoms. The third kappa shape index (κ3) is 7.99. The van der Waals surface area contributed by atoms with Crippen LogP contribution >= 0.6 is 0 Å². The van der Waals surface area contributed by atoms with E-state index in [-0.39, 0.29) is 12.3 Å². The number of aryl methyl sites for hydroxylation is 1. The van der Waals surface area contributed by atoms with Gasteiger partial charge in [0.2, 0.25) is 5.91 Å². The number of allylic oxidation sites excluding steroid dienone is 4. The van der Waals surface area contributed by atoms with Crippen LogP contribution in [0.2, 0.25) is 0 Å². The monoisotopic (exact) mass is 504 g/mol. The second-order valence-corrected chi connectivity index (χ2v) is 8.57. The molecular formula is C28H32N4O5. The Balaban J connectivity index is 1.84. The van der Waals surface area contributed by atoms with Gasteiger partial charge in [-0.15, -0.1) is 0 Å². The van der Waals surface area contributed by atoms with Gasteiger partial charge in [0.1, 0.15) is 5.75 Å². The van der Waals surface area contributed by atoms with E-state index in [2.05, 4.69) is 21.3 Å². The molecule has 1 unspecified atom stereocenters. The van der Waals surface area contributed by atoms with E-state index in [0.29, 0.717) is 30.0 Å². The van der Waals surface area contributed by atoms with Crippen molar-refractivity contribution in [2.75, 3.05) is 17.7 Å². The van der Waals surface area contributed by atoms with Gasteiger partial charge in [0.05, 0.1) is 25.3 Å². The molecule has 0 saturated heterocycles. The number of anilines is 2. The number of para-hydroxylation sites is 1. The molecule has 0 fully saturated rings. The van der Waals surface area contributed by atoms with Gasteiger partial charge in [0.15, 0.2) is 0 Å². The summed E-state index contributed by atoms with van der Waals surface area (Å²) in [6.07, 6.45) is 8.08. The molecule has 0 saturated carbocycles. The van der Waals surface area contributed by atoms with E-state index in [1.165, 1.54) is 14.0 Å². The number of hydrogen-bond donors (Lipinski definition) is 5. The summed E-state index contributed by atoms with van der Waals surface area (Å²) in [4.78, 5) is 35.8. The minimum absolute atomic E-state index is 0.0168. The molecule has 0 aliphatic carbocycles. The van der Waals surface area contributed by atoms with Crippen LogP contribution < -0.4 is 26.0 Å². The number of methoxy groups -OCH3 is 1. The van der Waals surface area contributed by atoms with Crippen LogP contribution in [0.25, 0.3) is 0 Å². The molecule has 0 radical (unpaired) electrons. The van der Waals surface area contributed by atoms with Crippen LogP contribution in [0.3, 0.4) is 0 Å². The molecule has 1 atom stereocenters. The molecule has 0 spiro atoms. The summed E-state index contributed by atoms with van der Waals surface area (Å²) < 4.78 is 5.54. The summed E-state index contributed by atoms with van der Waals surface area (Å²) >= 11 is 0. The molecular weight excluding hydrogens is 472 g/mol. The smallest absolute Gasteiger partial charge is 0.323 e. The van der Waals surface area contributed by atoms with Crippen LogP contribution in [0.15, 0.2) is 78.2 Å². The number of aliphatic carboxylic acids is 1. The number of nitrogens with one attached hydrogen (secondary N) is 4. The number of carbonyl (C=O) groups is 3. The Morgan fingerprint density at radius 3 is 2.51 bits per heavy atom. The average Bonchev–Trinajstić information content (AvgIpc) is 3.08. The molecule has 0 aromatic heterocycles. The first-order valence-electron chi connectivity index (χ1n) is 11.9. The number of urea groups is 1. The third-order valence-corrected chi connectivity index (χ3v) is 5.81. The van der Waals surface area contributed by atoms with Crippen LogP contribution in [0.5, 0.6) is 5.75 Å². The van der Waals surface area contributed by atoms with E-state index in [9.17, 15) is 14.4 Å². The molecule has 3 amide bonds. The maximum atomic E-state index is 12.6. The number of carbonyl (C=O) groups excluding carboxylic acids is 2. The topological polar surface area (TPSA) is 129 Å². The summed E-state index contributed by atoms with van der Waals surface area (Å²) in [6, 6.07) is 12.0. The number of amides is 3. The standard InChI is InChI=1S/C28H32N4O5/c1-18-8-4-5-10-22(18)31-28(36)32-24-12-11-21(17-26(24)37-3)25(30-19(2)33)16-20-9-6-7-15-29-23(20)13-14-27(34)35/h4-12,15,17,25,29H,13-14,16H2,1-3H3,(H,30,33)(H,34,35)(H2,31,32,36). The van der Waals surface area contributed by atoms with Crippen molar-refractivity contribution in [2.45, 2.75) is 39.2 Å². The summed E-state index contributed by atoms with van der Waals surface area (Å²) in [7, 11) is 1.51. The number of carboxylic acid groups (broad SMARTS) is 1. The SMILES string of the molecule is COc1cc(C(CC2=C(CCC(=O)O)NC=CC=C2)NC(C)=O)ccc1NC(=O)Nc1ccccc1C. The zero-order valence-electron chi connectivity index (χ0n) is 21.1. The van der Waals surface area contributed by atoms with Gasteiger partial charge in [0, 0.05) is 24.5 Å². The minimum Gasteiger partial charge on any atom is -0.495 e. The van der Waals surface area contributed by atoms with Gasteiger partial charge in [-0.05, 0) is 60.7 Å². The van der Waals surface area contributed by atoms with E-state index in [1.54, 1.807) is 18.3 Å². The Labute approximate surface area is 216 Å². The molecule has 0 bridgehead atoms. The number of rotatable bonds is 10. The lowest BCUT2D eigenvalue weighted by atomic mass is 9.95. The zero-order chi connectivity index (χ0) is 26.8. The molecule has 1 aliphatic rings. The lowest BCUT2D eigenvalue weighted by Gasteiger charge is -2.22. The Morgan fingerprint density at radius 1 is 1.05 bits per heavy atom. The summed E-state index contributed by atoms with van der Waals surface area (Å²) in [6.45, 7) is 3.35. The second-order valence-electron chi connectivity index (χ2n) is 8.57. The third-order valence-electron chi connectivity index (χ3n) is 5.81. The molecule has 5 N–H and O–H groups in total. The van der Waals surface area contributed by atoms with Crippen LogP contribution in [0.4, 0.5) is 16.2 Å². The van der Waals surface area contributed by atoms with Crippen LogP contribution in [0.1, 0.15) is 43.4 Å². The second kappa shape index (κ2) is 13.0. The highest BCUT2D eigenvalue weighted by Crippen LogP contribution is 2.32. The molecule has 2 aromatic carbocycles. The maximum Gasteiger partial charge on any atom is 0.323 e. The van der Waals surface area contributed by atoms with Gasteiger partial charge >= 0.3 is 12.0 Å². The summed E-state index contributed by atoms with van der Waals surface area (Å²) in [5.74, 6) is -0.659. The fraction of sp³-hybridized carbons (Fsp3) is 0.250. The van der Waals surface area contributed by atoms with E-state index >= 15 is 0 Å². The fourth-order valence-electron chi connectivity index (χ4n) is 3.96. The molecule has 9 nitrogen and oxygen atoms in total. The van der Waals surface area contributed by atoms with Crippen molar-refractivity contribution < 1.29 is 24.2 Å². The van der Waals surface area contributed by atoms with Gasteiger partial charge in [-0.3, -0.25) is 9.59 Å². The highest BCUT2D eigenvalue weighted by molar-refractivity contribution is 6.01. The summed E-state index contributed by atoms with van der Waals surface area (Å²) in [5.41, 5.74) is 4.54. The molecule has 1 heterocycles. The van der Waals surface area contributed by atoms with Crippen molar-refractivity contribution in [1.29, 1.82) is 0 Å². The Bertz CT molecular complexity index is 1250. The van der Waals surface area contributed by atoms with E-state index < -0.39 is 18.0 Å². The van der Waals surface area contributed by atoms with Crippen LogP contribution in [-0.2, 0) is 9.59 Å². The predicted octanol–water partition coefficient (Wildman–Crippen LogP) is 5.01. The number of hydrogen-bond acceptors (Lipinski definition) is 5. The van der Waals surface area contributed by atoms with Crippen molar-refractivity contribution in [3.63, 3.8) is 0 Å². The van der Waals surface area contributed by atoms with E-state index in [4.69, 9.17) is 9.84 Å². The Morgan fingerprint density at radius 2 is 1.81 bits per heavy atom. The minimum atomic E-state index is -0.886. The fourth-order valence-corrected chi connectivity index (χ4v) is 3.96. The first kappa shape index (κ1) is 27.1. The van der Waals surface area contributed by atoms with Crippen molar-refractivity contribution >= 4 is 29.3 Å². The number of ether oxygens (including phenoxy) is 1. The highest BCUT2D eigenvalue weighted by atomic mass is 16.5. The molecule has 194 valence electrons. The molecule has 3 rings (SSSR count). The largest absolute Gasteiger partial charge is 0.495 e. The maximum absolute atomic E-state index is 12.6. The van der Waals surface area contributed by atoms with E-state index in [0.717, 1.165) is 22.4 Å². The molecule has 1 aliphatic heterocycles. The first-order valence-corrected chi connectivity index (χ1v) is 11.9. The lowest BCUT2D eigenvalue weighted by Crippen LogP contribution is -2.27. The van der Waals surface area contributed by atoms with Crippen molar-refractivity contribution in [1.82, 2.24) is 10.6 Å². The van der Waals surface area contributed by atoms with Crippen molar-refractivity contribution in [3.05, 3.63) is 89.3 Å². The summed E-state index contributed by atoms with van der Waals surface area (Å²) in [5, 5.41) is 20.9. The number of carboxylic acids is 1. The van der Waals surface area contributed by atoms with Crippen LogP contribution in [-0.4, -0.2) is 30.1 Å². The average molecular weight is 505 g/mol. The van der Waals surface area contributed by atoms with Gasteiger partial charge in [-0.2, -0.15) is 0 Å². The Kier molecular flexibility index (Phi) is 9.48. The van der Waals surface area contributed by atoms with Crippen LogP contribution in [0, 0.1) is 6.92 Å². The first-order chi connectivity index (χ1) is 17.8. The molecule has 9 heteroatoms. The highest BCUT2D eigenvalue weighted by Gasteiger charge is 2.19. The van der Waals surface area contributed by atoms with Gasteiger partial charge < -0.3 is 31.1 Å².